The maximum Gasteiger partial charge on any atom is 0.326 e. The second-order valence-electron chi connectivity index (χ2n) is 7.51. The predicted octanol–water partition coefficient (Wildman–Crippen LogP) is 0.911. The Labute approximate surface area is 190 Å². The molecule has 176 valence electrons. The fraction of sp³-hybridized carbons (Fsp3) is 0.526. The molecule has 2 heterocycles. The molecule has 0 saturated carbocycles. The molecule has 0 bridgehead atoms. The molecule has 1 atom stereocenters. The molecule has 1 aromatic heterocycles. The number of piperidine rings is 1. The molecule has 1 aliphatic heterocycles. The van der Waals surface area contributed by atoms with E-state index in [9.17, 15) is 26.4 Å². The molecule has 0 spiro atoms. The van der Waals surface area contributed by atoms with Crippen molar-refractivity contribution in [3.63, 3.8) is 0 Å². The van der Waals surface area contributed by atoms with Gasteiger partial charge in [0, 0.05) is 12.8 Å². The number of nitrogens with zero attached hydrogens (tertiary/aromatic N) is 3. The minimum absolute atomic E-state index is 0.0999. The van der Waals surface area contributed by atoms with E-state index in [0.29, 0.717) is 29.5 Å². The fourth-order valence-corrected chi connectivity index (χ4v) is 6.49. The van der Waals surface area contributed by atoms with Gasteiger partial charge in [-0.25, -0.2) is 16.8 Å². The second-order valence-corrected chi connectivity index (χ2v) is 12.5. The first-order valence-electron chi connectivity index (χ1n) is 9.96. The van der Waals surface area contributed by atoms with Gasteiger partial charge in [0.25, 0.3) is 5.91 Å². The smallest absolute Gasteiger partial charge is 0.326 e. The number of carbonyl (C=O) groups excluding carboxylic acids is 2. The number of thiazole rings is 1. The number of hydrogen-bond donors (Lipinski definition) is 0. The van der Waals surface area contributed by atoms with Gasteiger partial charge in [-0.05, 0) is 38.0 Å². The van der Waals surface area contributed by atoms with Gasteiger partial charge in [0.1, 0.15) is 12.6 Å². The zero-order valence-electron chi connectivity index (χ0n) is 18.0. The van der Waals surface area contributed by atoms with Crippen molar-refractivity contribution in [1.29, 1.82) is 0 Å². The molecule has 1 aromatic carbocycles. The van der Waals surface area contributed by atoms with E-state index < -0.39 is 37.8 Å². The molecule has 0 N–H and O–H groups in total. The molecule has 1 saturated heterocycles. The van der Waals surface area contributed by atoms with E-state index in [0.717, 1.165) is 28.2 Å². The molecule has 3 rings (SSSR count). The summed E-state index contributed by atoms with van der Waals surface area (Å²) in [6.45, 7) is 1.87. The van der Waals surface area contributed by atoms with E-state index in [2.05, 4.69) is 4.99 Å². The SMILES string of the molecule is CCOC(=O)Cn1c(=NC(=O)C2CCCCN2S(C)(=O)=O)sc2cc(S(C)(=O)=O)ccc21. The summed E-state index contributed by atoms with van der Waals surface area (Å²) in [6.07, 6.45) is 3.87. The Kier molecular flexibility index (Phi) is 7.22. The van der Waals surface area contributed by atoms with Crippen molar-refractivity contribution < 1.29 is 31.2 Å². The normalized spacial score (nSPS) is 18.7. The van der Waals surface area contributed by atoms with Crippen LogP contribution in [0, 0.1) is 0 Å². The Morgan fingerprint density at radius 3 is 2.53 bits per heavy atom. The van der Waals surface area contributed by atoms with Crippen molar-refractivity contribution in [1.82, 2.24) is 8.87 Å². The zero-order valence-corrected chi connectivity index (χ0v) is 20.4. The predicted molar refractivity (Wildman–Crippen MR) is 119 cm³/mol. The summed E-state index contributed by atoms with van der Waals surface area (Å²) in [5, 5.41) is 0. The number of fused-ring (bicyclic) bond motifs is 1. The van der Waals surface area contributed by atoms with Crippen LogP contribution in [0.2, 0.25) is 0 Å². The molecule has 32 heavy (non-hydrogen) atoms. The van der Waals surface area contributed by atoms with Crippen molar-refractivity contribution >= 4 is 53.3 Å². The third-order valence-electron chi connectivity index (χ3n) is 5.05. The summed E-state index contributed by atoms with van der Waals surface area (Å²) < 4.78 is 56.3. The highest BCUT2D eigenvalue weighted by Gasteiger charge is 2.34. The Balaban J connectivity index is 2.13. The highest BCUT2D eigenvalue weighted by Crippen LogP contribution is 2.23. The van der Waals surface area contributed by atoms with Crippen LogP contribution in [0.15, 0.2) is 28.1 Å². The Morgan fingerprint density at radius 2 is 1.91 bits per heavy atom. The standard InChI is InChI=1S/C19H25N3O7S3/c1-4-29-17(23)12-21-14-9-8-13(31(2,25)26)11-16(14)30-19(21)20-18(24)15-7-5-6-10-22(15)32(3,27)28/h8-9,11,15H,4-7,10,12H2,1-3H3. The van der Waals surface area contributed by atoms with Gasteiger partial charge in [-0.2, -0.15) is 9.30 Å². The zero-order chi connectivity index (χ0) is 23.7. The molecule has 2 aromatic rings. The number of amides is 1. The Hall–Kier alpha value is -2.09. The minimum Gasteiger partial charge on any atom is -0.465 e. The van der Waals surface area contributed by atoms with Gasteiger partial charge < -0.3 is 9.30 Å². The topological polar surface area (TPSA) is 132 Å². The van der Waals surface area contributed by atoms with Gasteiger partial charge >= 0.3 is 5.97 Å². The number of ether oxygens (including phenoxy) is 1. The van der Waals surface area contributed by atoms with Gasteiger partial charge in [0.15, 0.2) is 14.6 Å². The number of aromatic nitrogens is 1. The molecule has 1 unspecified atom stereocenters. The first-order chi connectivity index (χ1) is 14.9. The highest BCUT2D eigenvalue weighted by atomic mass is 32.2. The number of carbonyl (C=O) groups is 2. The molecular formula is C19H25N3O7S3. The van der Waals surface area contributed by atoms with Crippen molar-refractivity contribution in [2.24, 2.45) is 4.99 Å². The molecule has 13 heteroatoms. The van der Waals surface area contributed by atoms with E-state index in [-0.39, 0.29) is 29.4 Å². The van der Waals surface area contributed by atoms with Crippen molar-refractivity contribution in [2.75, 3.05) is 25.7 Å². The first kappa shape index (κ1) is 24.6. The number of rotatable bonds is 6. The summed E-state index contributed by atoms with van der Waals surface area (Å²) in [6, 6.07) is 3.52. The number of sulfone groups is 1. The fourth-order valence-electron chi connectivity index (χ4n) is 3.58. The lowest BCUT2D eigenvalue weighted by atomic mass is 10.0. The van der Waals surface area contributed by atoms with E-state index in [1.54, 1.807) is 13.0 Å². The van der Waals surface area contributed by atoms with Gasteiger partial charge in [0.2, 0.25) is 10.0 Å². The maximum absolute atomic E-state index is 13.0. The number of hydrogen-bond acceptors (Lipinski definition) is 8. The van der Waals surface area contributed by atoms with E-state index in [4.69, 9.17) is 4.74 Å². The lowest BCUT2D eigenvalue weighted by molar-refractivity contribution is -0.143. The maximum atomic E-state index is 13.0. The van der Waals surface area contributed by atoms with Crippen LogP contribution in [0.25, 0.3) is 10.2 Å². The molecule has 1 fully saturated rings. The summed E-state index contributed by atoms with van der Waals surface area (Å²) >= 11 is 1.05. The third-order valence-corrected chi connectivity index (χ3v) is 8.49. The van der Waals surface area contributed by atoms with Crippen LogP contribution >= 0.6 is 11.3 Å². The van der Waals surface area contributed by atoms with Crippen LogP contribution < -0.4 is 4.80 Å². The molecule has 0 radical (unpaired) electrons. The van der Waals surface area contributed by atoms with Crippen LogP contribution in [-0.4, -0.2) is 69.3 Å². The van der Waals surface area contributed by atoms with Gasteiger partial charge in [-0.15, -0.1) is 0 Å². The van der Waals surface area contributed by atoms with E-state index >= 15 is 0 Å². The van der Waals surface area contributed by atoms with Crippen LogP contribution in [0.1, 0.15) is 26.2 Å². The average Bonchev–Trinajstić information content (AvgIpc) is 3.03. The summed E-state index contributed by atoms with van der Waals surface area (Å²) in [7, 11) is -7.05. The number of esters is 1. The summed E-state index contributed by atoms with van der Waals surface area (Å²) in [5.41, 5.74) is 0.519. The largest absolute Gasteiger partial charge is 0.465 e. The Morgan fingerprint density at radius 1 is 1.19 bits per heavy atom. The second kappa shape index (κ2) is 9.41. The highest BCUT2D eigenvalue weighted by molar-refractivity contribution is 7.90. The summed E-state index contributed by atoms with van der Waals surface area (Å²) in [5.74, 6) is -1.16. The van der Waals surface area contributed by atoms with Crippen molar-refractivity contribution in [3.8, 4) is 0 Å². The Bertz CT molecular complexity index is 1320. The van der Waals surface area contributed by atoms with Gasteiger partial charge in [0.05, 0.1) is 28.0 Å². The van der Waals surface area contributed by atoms with Crippen LogP contribution in [0.3, 0.4) is 0 Å². The monoisotopic (exact) mass is 503 g/mol. The van der Waals surface area contributed by atoms with E-state index in [1.165, 1.54) is 16.7 Å². The lowest BCUT2D eigenvalue weighted by Crippen LogP contribution is -2.47. The quantitative estimate of drug-likeness (QED) is 0.535. The van der Waals surface area contributed by atoms with E-state index in [1.807, 2.05) is 0 Å². The van der Waals surface area contributed by atoms with Crippen LogP contribution in [0.5, 0.6) is 0 Å². The third kappa shape index (κ3) is 5.45. The number of benzene rings is 1. The average molecular weight is 504 g/mol. The first-order valence-corrected chi connectivity index (χ1v) is 14.5. The summed E-state index contributed by atoms with van der Waals surface area (Å²) in [4.78, 5) is 29.6. The van der Waals surface area contributed by atoms with Crippen molar-refractivity contribution in [3.05, 3.63) is 23.0 Å². The molecule has 10 nitrogen and oxygen atoms in total. The van der Waals surface area contributed by atoms with Crippen LogP contribution in [-0.2, 0) is 40.7 Å². The van der Waals surface area contributed by atoms with Gasteiger partial charge in [-0.3, -0.25) is 9.59 Å². The van der Waals surface area contributed by atoms with Gasteiger partial charge in [-0.1, -0.05) is 17.8 Å². The molecule has 1 amide bonds. The number of sulfonamides is 1. The molecule has 1 aliphatic rings. The lowest BCUT2D eigenvalue weighted by Gasteiger charge is -2.31. The molecular weight excluding hydrogens is 478 g/mol. The molecule has 0 aliphatic carbocycles. The minimum atomic E-state index is -3.59. The van der Waals surface area contributed by atoms with Crippen LogP contribution in [0.4, 0.5) is 0 Å². The van der Waals surface area contributed by atoms with Crippen molar-refractivity contribution in [2.45, 2.75) is 43.7 Å².